The average Bonchev–Trinajstić information content (AvgIpc) is 2.67. The number of aryl methyl sites for hydroxylation is 2. The van der Waals surface area contributed by atoms with Crippen LogP contribution in [0, 0.1) is 6.92 Å². The first-order valence-electron chi connectivity index (χ1n) is 7.33. The van der Waals surface area contributed by atoms with E-state index >= 15 is 0 Å². The standard InChI is InChI=1S/C14H25BrN4/c1-4-6-12-9-18(8-7-16-12)10-13-14(15)11(3)17-19(13)5-2/h12,16H,4-10H2,1-3H3. The van der Waals surface area contributed by atoms with Crippen LogP contribution >= 0.6 is 15.9 Å². The molecule has 0 aromatic carbocycles. The first-order valence-corrected chi connectivity index (χ1v) is 8.12. The van der Waals surface area contributed by atoms with Crippen molar-refractivity contribution in [3.63, 3.8) is 0 Å². The topological polar surface area (TPSA) is 33.1 Å². The Bertz CT molecular complexity index is 414. The zero-order valence-electron chi connectivity index (χ0n) is 12.2. The van der Waals surface area contributed by atoms with E-state index in [1.54, 1.807) is 0 Å². The summed E-state index contributed by atoms with van der Waals surface area (Å²) in [7, 11) is 0. The van der Waals surface area contributed by atoms with E-state index in [0.717, 1.165) is 38.4 Å². The van der Waals surface area contributed by atoms with Crippen LogP contribution in [-0.4, -0.2) is 40.4 Å². The van der Waals surface area contributed by atoms with Crippen LogP contribution in [-0.2, 0) is 13.1 Å². The summed E-state index contributed by atoms with van der Waals surface area (Å²) in [5.41, 5.74) is 2.41. The van der Waals surface area contributed by atoms with Crippen LogP contribution in [0.15, 0.2) is 4.47 Å². The first kappa shape index (κ1) is 15.0. The number of nitrogens with zero attached hydrogens (tertiary/aromatic N) is 3. The predicted molar refractivity (Wildman–Crippen MR) is 82.3 cm³/mol. The third-order valence-corrected chi connectivity index (χ3v) is 4.83. The van der Waals surface area contributed by atoms with Gasteiger partial charge in [-0.2, -0.15) is 5.10 Å². The van der Waals surface area contributed by atoms with Crippen molar-refractivity contribution in [2.45, 2.75) is 52.7 Å². The highest BCUT2D eigenvalue weighted by Gasteiger charge is 2.21. The van der Waals surface area contributed by atoms with Crippen molar-refractivity contribution in [1.29, 1.82) is 0 Å². The van der Waals surface area contributed by atoms with Crippen LogP contribution in [0.2, 0.25) is 0 Å². The lowest BCUT2D eigenvalue weighted by molar-refractivity contribution is 0.182. The molecular weight excluding hydrogens is 304 g/mol. The highest BCUT2D eigenvalue weighted by atomic mass is 79.9. The molecule has 1 atom stereocenters. The zero-order chi connectivity index (χ0) is 13.8. The first-order chi connectivity index (χ1) is 9.15. The van der Waals surface area contributed by atoms with Gasteiger partial charge in [-0.3, -0.25) is 9.58 Å². The molecule has 0 bridgehead atoms. The van der Waals surface area contributed by atoms with Gasteiger partial charge in [0.25, 0.3) is 0 Å². The van der Waals surface area contributed by atoms with Crippen molar-refractivity contribution in [2.75, 3.05) is 19.6 Å². The Balaban J connectivity index is 2.04. The van der Waals surface area contributed by atoms with Crippen molar-refractivity contribution in [2.24, 2.45) is 0 Å². The molecule has 2 rings (SSSR count). The molecule has 2 heterocycles. The molecule has 1 unspecified atom stereocenters. The van der Waals surface area contributed by atoms with Gasteiger partial charge in [0.2, 0.25) is 0 Å². The fourth-order valence-corrected chi connectivity index (χ4v) is 3.22. The van der Waals surface area contributed by atoms with Crippen LogP contribution in [0.25, 0.3) is 0 Å². The molecule has 1 aromatic heterocycles. The maximum absolute atomic E-state index is 4.58. The van der Waals surface area contributed by atoms with E-state index in [2.05, 4.69) is 56.7 Å². The molecule has 1 aliphatic rings. The second-order valence-electron chi connectivity index (χ2n) is 5.34. The van der Waals surface area contributed by atoms with Gasteiger partial charge < -0.3 is 5.32 Å². The summed E-state index contributed by atoms with van der Waals surface area (Å²) in [6.45, 7) is 11.8. The van der Waals surface area contributed by atoms with Crippen molar-refractivity contribution in [3.05, 3.63) is 15.9 Å². The number of nitrogens with one attached hydrogen (secondary N) is 1. The molecule has 1 saturated heterocycles. The molecule has 0 amide bonds. The Morgan fingerprint density at radius 3 is 2.89 bits per heavy atom. The molecule has 19 heavy (non-hydrogen) atoms. The quantitative estimate of drug-likeness (QED) is 0.901. The zero-order valence-corrected chi connectivity index (χ0v) is 13.8. The van der Waals surface area contributed by atoms with Gasteiger partial charge in [0.15, 0.2) is 0 Å². The van der Waals surface area contributed by atoms with E-state index in [9.17, 15) is 0 Å². The van der Waals surface area contributed by atoms with Crippen LogP contribution in [0.5, 0.6) is 0 Å². The van der Waals surface area contributed by atoms with E-state index in [0.29, 0.717) is 6.04 Å². The molecule has 1 aromatic rings. The van der Waals surface area contributed by atoms with Gasteiger partial charge in [-0.25, -0.2) is 0 Å². The third kappa shape index (κ3) is 3.58. The molecule has 1 N–H and O–H groups in total. The minimum atomic E-state index is 0.650. The Kier molecular flexibility index (Phi) is 5.42. The lowest BCUT2D eigenvalue weighted by atomic mass is 10.1. The van der Waals surface area contributed by atoms with Gasteiger partial charge in [-0.1, -0.05) is 13.3 Å². The fraction of sp³-hybridized carbons (Fsp3) is 0.786. The van der Waals surface area contributed by atoms with Gasteiger partial charge in [-0.05, 0) is 36.2 Å². The van der Waals surface area contributed by atoms with E-state index in [1.165, 1.54) is 23.0 Å². The summed E-state index contributed by atoms with van der Waals surface area (Å²) < 4.78 is 3.30. The number of halogens is 1. The Hall–Kier alpha value is -0.390. The average molecular weight is 329 g/mol. The molecule has 108 valence electrons. The maximum Gasteiger partial charge on any atom is 0.0739 e. The summed E-state index contributed by atoms with van der Waals surface area (Å²) >= 11 is 3.69. The predicted octanol–water partition coefficient (Wildman–Crippen LogP) is 2.55. The fourth-order valence-electron chi connectivity index (χ4n) is 2.81. The number of aromatic nitrogens is 2. The second-order valence-corrected chi connectivity index (χ2v) is 6.13. The number of hydrogen-bond acceptors (Lipinski definition) is 3. The van der Waals surface area contributed by atoms with Crippen LogP contribution < -0.4 is 5.32 Å². The molecule has 1 fully saturated rings. The highest BCUT2D eigenvalue weighted by molar-refractivity contribution is 9.10. The van der Waals surface area contributed by atoms with E-state index < -0.39 is 0 Å². The Labute approximate surface area is 124 Å². The summed E-state index contributed by atoms with van der Waals surface area (Å²) in [6, 6.07) is 0.650. The van der Waals surface area contributed by atoms with Gasteiger partial charge in [0, 0.05) is 38.8 Å². The van der Waals surface area contributed by atoms with Crippen molar-refractivity contribution >= 4 is 15.9 Å². The van der Waals surface area contributed by atoms with Gasteiger partial charge in [0.05, 0.1) is 15.9 Å². The highest BCUT2D eigenvalue weighted by Crippen LogP contribution is 2.23. The Morgan fingerprint density at radius 1 is 1.42 bits per heavy atom. The van der Waals surface area contributed by atoms with Crippen LogP contribution in [0.4, 0.5) is 0 Å². The van der Waals surface area contributed by atoms with E-state index in [4.69, 9.17) is 0 Å². The SMILES string of the molecule is CCCC1CN(Cc2c(Br)c(C)nn2CC)CCN1. The van der Waals surface area contributed by atoms with Crippen LogP contribution in [0.1, 0.15) is 38.1 Å². The molecule has 4 nitrogen and oxygen atoms in total. The van der Waals surface area contributed by atoms with Gasteiger partial charge >= 0.3 is 0 Å². The van der Waals surface area contributed by atoms with Crippen molar-refractivity contribution < 1.29 is 0 Å². The molecule has 0 aliphatic carbocycles. The largest absolute Gasteiger partial charge is 0.311 e. The number of piperazine rings is 1. The minimum absolute atomic E-state index is 0.650. The lowest BCUT2D eigenvalue weighted by Gasteiger charge is -2.33. The lowest BCUT2D eigenvalue weighted by Crippen LogP contribution is -2.50. The molecule has 0 spiro atoms. The summed E-state index contributed by atoms with van der Waals surface area (Å²) in [5, 5.41) is 8.19. The normalized spacial score (nSPS) is 20.9. The van der Waals surface area contributed by atoms with Gasteiger partial charge in [0.1, 0.15) is 0 Å². The molecule has 0 radical (unpaired) electrons. The number of hydrogen-bond donors (Lipinski definition) is 1. The summed E-state index contributed by atoms with van der Waals surface area (Å²) in [5.74, 6) is 0. The molecule has 1 aliphatic heterocycles. The smallest absolute Gasteiger partial charge is 0.0739 e. The summed E-state index contributed by atoms with van der Waals surface area (Å²) in [6.07, 6.45) is 2.52. The minimum Gasteiger partial charge on any atom is -0.311 e. The second kappa shape index (κ2) is 6.86. The Morgan fingerprint density at radius 2 is 2.21 bits per heavy atom. The number of rotatable bonds is 5. The van der Waals surface area contributed by atoms with E-state index in [-0.39, 0.29) is 0 Å². The van der Waals surface area contributed by atoms with Crippen LogP contribution in [0.3, 0.4) is 0 Å². The maximum atomic E-state index is 4.58. The monoisotopic (exact) mass is 328 g/mol. The molecule has 5 heteroatoms. The third-order valence-electron chi connectivity index (χ3n) is 3.80. The van der Waals surface area contributed by atoms with Gasteiger partial charge in [-0.15, -0.1) is 0 Å². The molecule has 0 saturated carbocycles. The molecular formula is C14H25BrN4. The van der Waals surface area contributed by atoms with Crippen molar-refractivity contribution in [1.82, 2.24) is 20.0 Å². The summed E-state index contributed by atoms with van der Waals surface area (Å²) in [4.78, 5) is 2.55. The van der Waals surface area contributed by atoms with Crippen molar-refractivity contribution in [3.8, 4) is 0 Å². The van der Waals surface area contributed by atoms with E-state index in [1.807, 2.05) is 0 Å².